The summed E-state index contributed by atoms with van der Waals surface area (Å²) in [5.41, 5.74) is 8.38. The summed E-state index contributed by atoms with van der Waals surface area (Å²) in [5, 5.41) is 5.26. The second-order valence-electron chi connectivity index (χ2n) is 7.46. The van der Waals surface area contributed by atoms with Gasteiger partial charge in [-0.1, -0.05) is 42.5 Å². The molecule has 0 atom stereocenters. The first-order valence-corrected chi connectivity index (χ1v) is 11.1. The number of carbonyl (C=O) groups excluding carboxylic acids is 3. The fourth-order valence-corrected chi connectivity index (χ4v) is 3.19. The maximum atomic E-state index is 12.6. The molecule has 0 radical (unpaired) electrons. The van der Waals surface area contributed by atoms with Crippen molar-refractivity contribution in [2.45, 2.75) is 19.8 Å². The number of hydrogen-bond donors (Lipinski definition) is 3. The van der Waals surface area contributed by atoms with E-state index < -0.39 is 11.8 Å². The van der Waals surface area contributed by atoms with E-state index in [9.17, 15) is 14.4 Å². The predicted molar refractivity (Wildman–Crippen MR) is 133 cm³/mol. The number of aromatic nitrogens is 1. The van der Waals surface area contributed by atoms with Gasteiger partial charge in [0.05, 0.1) is 18.8 Å². The fourth-order valence-electron chi connectivity index (χ4n) is 3.19. The third-order valence-electron chi connectivity index (χ3n) is 4.89. The van der Waals surface area contributed by atoms with Crippen LogP contribution >= 0.6 is 0 Å². The summed E-state index contributed by atoms with van der Waals surface area (Å²) in [6.45, 7) is 1.79. The van der Waals surface area contributed by atoms with Gasteiger partial charge in [-0.3, -0.25) is 14.4 Å². The summed E-state index contributed by atoms with van der Waals surface area (Å²) in [7, 11) is 0. The molecule has 2 amide bonds. The second kappa shape index (κ2) is 12.6. The number of ether oxygens (including phenoxy) is 1. The number of amidine groups is 1. The van der Waals surface area contributed by atoms with Gasteiger partial charge in [0, 0.05) is 23.7 Å². The van der Waals surface area contributed by atoms with Crippen molar-refractivity contribution >= 4 is 35.1 Å². The van der Waals surface area contributed by atoms with E-state index in [0.717, 1.165) is 5.56 Å². The molecule has 0 aliphatic heterocycles. The van der Waals surface area contributed by atoms with E-state index in [4.69, 9.17) is 10.5 Å². The molecule has 180 valence electrons. The van der Waals surface area contributed by atoms with Crippen LogP contribution in [0.3, 0.4) is 0 Å². The fraction of sp³-hybridized carbons (Fsp3) is 0.192. The number of carbonyl (C=O) groups is 3. The van der Waals surface area contributed by atoms with Crippen molar-refractivity contribution in [2.24, 2.45) is 10.7 Å². The normalized spacial score (nSPS) is 10.9. The van der Waals surface area contributed by atoms with Crippen molar-refractivity contribution in [2.75, 3.05) is 18.5 Å². The number of hydrogen-bond acceptors (Lipinski definition) is 6. The third-order valence-corrected chi connectivity index (χ3v) is 4.89. The zero-order chi connectivity index (χ0) is 25.0. The Labute approximate surface area is 203 Å². The van der Waals surface area contributed by atoms with Crippen LogP contribution in [0, 0.1) is 0 Å². The van der Waals surface area contributed by atoms with E-state index in [2.05, 4.69) is 20.6 Å². The first kappa shape index (κ1) is 25.1. The van der Waals surface area contributed by atoms with Gasteiger partial charge in [-0.15, -0.1) is 0 Å². The smallest absolute Gasteiger partial charge is 0.306 e. The molecule has 0 saturated heterocycles. The Morgan fingerprint density at radius 2 is 1.77 bits per heavy atom. The number of nitrogens with zero attached hydrogens (tertiary/aromatic N) is 2. The van der Waals surface area contributed by atoms with Gasteiger partial charge in [0.1, 0.15) is 11.7 Å². The Morgan fingerprint density at radius 1 is 1.00 bits per heavy atom. The van der Waals surface area contributed by atoms with E-state index in [1.807, 2.05) is 30.3 Å². The average molecular weight is 474 g/mol. The lowest BCUT2D eigenvalue weighted by Crippen LogP contribution is -2.33. The minimum Gasteiger partial charge on any atom is -0.466 e. The van der Waals surface area contributed by atoms with Crippen LogP contribution in [-0.2, 0) is 20.7 Å². The van der Waals surface area contributed by atoms with Crippen molar-refractivity contribution < 1.29 is 19.1 Å². The first-order valence-electron chi connectivity index (χ1n) is 11.1. The molecule has 0 spiro atoms. The van der Waals surface area contributed by atoms with Crippen LogP contribution in [0.5, 0.6) is 0 Å². The van der Waals surface area contributed by atoms with Gasteiger partial charge in [0.2, 0.25) is 5.91 Å². The van der Waals surface area contributed by atoms with Crippen LogP contribution in [-0.4, -0.2) is 41.8 Å². The van der Waals surface area contributed by atoms with Gasteiger partial charge in [-0.05, 0) is 43.2 Å². The van der Waals surface area contributed by atoms with Crippen molar-refractivity contribution in [3.8, 4) is 0 Å². The van der Waals surface area contributed by atoms with E-state index in [-0.39, 0.29) is 18.9 Å². The number of nitrogens with two attached hydrogens (primary N) is 1. The molecule has 0 saturated carbocycles. The predicted octanol–water partition coefficient (Wildman–Crippen LogP) is 2.98. The quantitative estimate of drug-likeness (QED) is 0.235. The highest BCUT2D eigenvalue weighted by atomic mass is 16.5. The lowest BCUT2D eigenvalue weighted by molar-refractivity contribution is -0.143. The van der Waals surface area contributed by atoms with Gasteiger partial charge >= 0.3 is 5.97 Å². The largest absolute Gasteiger partial charge is 0.466 e. The van der Waals surface area contributed by atoms with Crippen LogP contribution in [0.4, 0.5) is 11.5 Å². The number of rotatable bonds is 10. The monoisotopic (exact) mass is 473 g/mol. The highest BCUT2D eigenvalue weighted by Crippen LogP contribution is 2.16. The first-order chi connectivity index (χ1) is 17.0. The molecule has 35 heavy (non-hydrogen) atoms. The SMILES string of the molecule is CCOC(=O)CCc1cccnc1NC(=O)CNC(=O)c1cccc(N=C(N)c2ccccc2)c1. The molecule has 0 aliphatic carbocycles. The van der Waals surface area contributed by atoms with E-state index >= 15 is 0 Å². The summed E-state index contributed by atoms with van der Waals surface area (Å²) < 4.78 is 4.93. The van der Waals surface area contributed by atoms with E-state index in [1.54, 1.807) is 43.3 Å². The third kappa shape index (κ3) is 7.78. The van der Waals surface area contributed by atoms with Crippen LogP contribution in [0.2, 0.25) is 0 Å². The van der Waals surface area contributed by atoms with Gasteiger partial charge < -0.3 is 21.1 Å². The van der Waals surface area contributed by atoms with Gasteiger partial charge in [0.25, 0.3) is 5.91 Å². The number of amides is 2. The second-order valence-corrected chi connectivity index (χ2v) is 7.46. The van der Waals surface area contributed by atoms with Gasteiger partial charge in [-0.2, -0.15) is 0 Å². The minimum atomic E-state index is -0.447. The maximum absolute atomic E-state index is 12.6. The van der Waals surface area contributed by atoms with Crippen molar-refractivity contribution in [1.82, 2.24) is 10.3 Å². The Kier molecular flexibility index (Phi) is 9.07. The summed E-state index contributed by atoms with van der Waals surface area (Å²) in [6, 6.07) is 19.4. The Bertz CT molecular complexity index is 1210. The van der Waals surface area contributed by atoms with E-state index in [1.165, 1.54) is 6.20 Å². The summed E-state index contributed by atoms with van der Waals surface area (Å²) in [6.07, 6.45) is 2.08. The number of aliphatic imine (C=N–C) groups is 1. The average Bonchev–Trinajstić information content (AvgIpc) is 2.87. The zero-order valence-corrected chi connectivity index (χ0v) is 19.4. The Balaban J connectivity index is 1.57. The standard InChI is InChI=1S/C26H27N5O4/c1-2-35-23(33)14-13-19-11-7-15-28-25(19)31-22(32)17-29-26(34)20-10-6-12-21(16-20)30-24(27)18-8-4-3-5-9-18/h3-12,15-16H,2,13-14,17H2,1H3,(H2,27,30)(H,29,34)(H,28,31,32). The number of esters is 1. The summed E-state index contributed by atoms with van der Waals surface area (Å²) >= 11 is 0. The molecule has 1 heterocycles. The number of anilines is 1. The summed E-state index contributed by atoms with van der Waals surface area (Å²) in [5.74, 6) is -0.533. The number of nitrogens with one attached hydrogen (secondary N) is 2. The number of pyridine rings is 1. The molecule has 0 unspecified atom stereocenters. The molecule has 4 N–H and O–H groups in total. The van der Waals surface area contributed by atoms with Crippen molar-refractivity contribution in [3.05, 3.63) is 89.6 Å². The Morgan fingerprint density at radius 3 is 2.54 bits per heavy atom. The molecule has 3 aromatic rings. The van der Waals surface area contributed by atoms with Crippen LogP contribution in [0.1, 0.15) is 34.8 Å². The molecule has 9 heteroatoms. The molecular formula is C26H27N5O4. The maximum Gasteiger partial charge on any atom is 0.306 e. The zero-order valence-electron chi connectivity index (χ0n) is 19.4. The van der Waals surface area contributed by atoms with Crippen LogP contribution < -0.4 is 16.4 Å². The molecule has 0 aliphatic rings. The van der Waals surface area contributed by atoms with E-state index in [0.29, 0.717) is 41.5 Å². The lowest BCUT2D eigenvalue weighted by Gasteiger charge is -2.10. The molecule has 0 bridgehead atoms. The topological polar surface area (TPSA) is 136 Å². The highest BCUT2D eigenvalue weighted by Gasteiger charge is 2.13. The van der Waals surface area contributed by atoms with Gasteiger partial charge in [-0.25, -0.2) is 9.98 Å². The van der Waals surface area contributed by atoms with Gasteiger partial charge in [0.15, 0.2) is 0 Å². The summed E-state index contributed by atoms with van der Waals surface area (Å²) in [4.78, 5) is 45.2. The molecule has 3 rings (SSSR count). The van der Waals surface area contributed by atoms with Crippen molar-refractivity contribution in [1.29, 1.82) is 0 Å². The molecule has 1 aromatic heterocycles. The van der Waals surface area contributed by atoms with Crippen molar-refractivity contribution in [3.63, 3.8) is 0 Å². The number of aryl methyl sites for hydroxylation is 1. The lowest BCUT2D eigenvalue weighted by atomic mass is 10.1. The minimum absolute atomic E-state index is 0.173. The number of benzene rings is 2. The highest BCUT2D eigenvalue weighted by molar-refractivity contribution is 6.01. The van der Waals surface area contributed by atoms with Crippen LogP contribution in [0.25, 0.3) is 0 Å². The molecule has 9 nitrogen and oxygen atoms in total. The van der Waals surface area contributed by atoms with Crippen LogP contribution in [0.15, 0.2) is 77.9 Å². The molecular weight excluding hydrogens is 446 g/mol. The molecule has 0 fully saturated rings. The molecule has 2 aromatic carbocycles. The Hall–Kier alpha value is -4.53.